The zero-order chi connectivity index (χ0) is 14.3. The molecule has 0 aliphatic rings. The molecule has 0 radical (unpaired) electrons. The number of nitrogens with one attached hydrogen (secondary N) is 2. The van der Waals surface area contributed by atoms with E-state index in [0.29, 0.717) is 13.0 Å². The molecular weight excluding hydrogens is 242 g/mol. The fourth-order valence-electron chi connectivity index (χ4n) is 1.56. The summed E-state index contributed by atoms with van der Waals surface area (Å²) in [4.78, 5) is 24.8. The van der Waals surface area contributed by atoms with E-state index in [2.05, 4.69) is 10.6 Å². The molecule has 0 saturated heterocycles. The molecule has 0 atom stereocenters. The minimum Gasteiger partial charge on any atom is -0.336 e. The molecule has 0 unspecified atom stereocenters. The van der Waals surface area contributed by atoms with Gasteiger partial charge in [0, 0.05) is 25.7 Å². The highest BCUT2D eigenvalue weighted by Gasteiger charge is 2.12. The largest absolute Gasteiger partial charge is 0.336 e. The zero-order valence-electron chi connectivity index (χ0n) is 11.7. The third-order valence-corrected chi connectivity index (χ3v) is 2.73. The van der Waals surface area contributed by atoms with Gasteiger partial charge in [0.05, 0.1) is 6.54 Å². The zero-order valence-corrected chi connectivity index (χ0v) is 11.7. The Morgan fingerprint density at radius 2 is 1.84 bits per heavy atom. The number of hydrogen-bond donors (Lipinski definition) is 2. The van der Waals surface area contributed by atoms with Crippen molar-refractivity contribution in [1.82, 2.24) is 10.2 Å². The van der Waals surface area contributed by atoms with Crippen molar-refractivity contribution in [3.8, 4) is 0 Å². The summed E-state index contributed by atoms with van der Waals surface area (Å²) >= 11 is 0. The molecule has 5 nitrogen and oxygen atoms in total. The van der Waals surface area contributed by atoms with Crippen LogP contribution in [0.25, 0.3) is 0 Å². The van der Waals surface area contributed by atoms with Gasteiger partial charge in [0.2, 0.25) is 11.8 Å². The summed E-state index contributed by atoms with van der Waals surface area (Å²) in [5.74, 6) is -0.238. The highest BCUT2D eigenvalue weighted by Crippen LogP contribution is 2.08. The van der Waals surface area contributed by atoms with Gasteiger partial charge in [-0.3, -0.25) is 9.59 Å². The summed E-state index contributed by atoms with van der Waals surface area (Å²) in [6, 6.07) is 7.54. The third kappa shape index (κ3) is 5.52. The fraction of sp³-hybridized carbons (Fsp3) is 0.429. The normalized spacial score (nSPS) is 10.1. The molecule has 0 spiro atoms. The average Bonchev–Trinajstić information content (AvgIpc) is 2.38. The van der Waals surface area contributed by atoms with Crippen molar-refractivity contribution in [3.63, 3.8) is 0 Å². The molecule has 1 aromatic rings. The second-order valence-corrected chi connectivity index (χ2v) is 4.52. The Hall–Kier alpha value is -1.88. The summed E-state index contributed by atoms with van der Waals surface area (Å²) in [6.45, 7) is 2.67. The van der Waals surface area contributed by atoms with E-state index in [1.165, 1.54) is 4.90 Å². The molecule has 104 valence electrons. The van der Waals surface area contributed by atoms with Gasteiger partial charge in [-0.25, -0.2) is 0 Å². The van der Waals surface area contributed by atoms with Crippen LogP contribution in [0, 0.1) is 6.92 Å². The molecular formula is C14H21N3O2. The lowest BCUT2D eigenvalue weighted by atomic mass is 10.2. The Balaban J connectivity index is 2.42. The average molecular weight is 263 g/mol. The molecule has 2 N–H and O–H groups in total. The van der Waals surface area contributed by atoms with Crippen LogP contribution >= 0.6 is 0 Å². The van der Waals surface area contributed by atoms with Crippen LogP contribution in [0.2, 0.25) is 0 Å². The number of aryl methyl sites for hydroxylation is 1. The van der Waals surface area contributed by atoms with Gasteiger partial charge in [-0.1, -0.05) is 17.7 Å². The summed E-state index contributed by atoms with van der Waals surface area (Å²) in [5.41, 5.74) is 1.88. The number of benzene rings is 1. The van der Waals surface area contributed by atoms with E-state index in [-0.39, 0.29) is 18.4 Å². The van der Waals surface area contributed by atoms with Crippen molar-refractivity contribution in [2.45, 2.75) is 13.3 Å². The number of anilines is 1. The van der Waals surface area contributed by atoms with Gasteiger partial charge in [0.25, 0.3) is 0 Å². The van der Waals surface area contributed by atoms with Crippen LogP contribution in [0.3, 0.4) is 0 Å². The van der Waals surface area contributed by atoms with Crippen molar-refractivity contribution in [2.24, 2.45) is 0 Å². The van der Waals surface area contributed by atoms with E-state index in [9.17, 15) is 9.59 Å². The van der Waals surface area contributed by atoms with Crippen LogP contribution in [0.5, 0.6) is 0 Å². The Morgan fingerprint density at radius 1 is 1.21 bits per heavy atom. The maximum atomic E-state index is 11.8. The minimum atomic E-state index is -0.191. The SMILES string of the molecule is CNCCC(=O)N(C)CC(=O)Nc1ccc(C)cc1. The number of amides is 2. The Labute approximate surface area is 114 Å². The van der Waals surface area contributed by atoms with Gasteiger partial charge >= 0.3 is 0 Å². The Kier molecular flexibility index (Phi) is 6.02. The summed E-state index contributed by atoms with van der Waals surface area (Å²) < 4.78 is 0. The molecule has 5 heteroatoms. The van der Waals surface area contributed by atoms with Crippen molar-refractivity contribution in [3.05, 3.63) is 29.8 Å². The lowest BCUT2D eigenvalue weighted by molar-refractivity contribution is -0.133. The first-order valence-electron chi connectivity index (χ1n) is 6.28. The van der Waals surface area contributed by atoms with E-state index in [4.69, 9.17) is 0 Å². The van der Waals surface area contributed by atoms with E-state index < -0.39 is 0 Å². The predicted molar refractivity (Wildman–Crippen MR) is 76.0 cm³/mol. The predicted octanol–water partition coefficient (Wildman–Crippen LogP) is 1.00. The van der Waals surface area contributed by atoms with Crippen LogP contribution in [-0.2, 0) is 9.59 Å². The first-order valence-corrected chi connectivity index (χ1v) is 6.28. The Morgan fingerprint density at radius 3 is 2.42 bits per heavy atom. The highest BCUT2D eigenvalue weighted by atomic mass is 16.2. The molecule has 0 bridgehead atoms. The Bertz CT molecular complexity index is 429. The van der Waals surface area contributed by atoms with Crippen molar-refractivity contribution in [1.29, 1.82) is 0 Å². The van der Waals surface area contributed by atoms with E-state index in [1.807, 2.05) is 31.2 Å². The molecule has 2 amide bonds. The van der Waals surface area contributed by atoms with Crippen LogP contribution in [-0.4, -0.2) is 43.9 Å². The maximum absolute atomic E-state index is 11.8. The van der Waals surface area contributed by atoms with Crippen molar-refractivity contribution >= 4 is 17.5 Å². The van der Waals surface area contributed by atoms with Crippen LogP contribution in [0.4, 0.5) is 5.69 Å². The molecule has 0 aliphatic heterocycles. The lowest BCUT2D eigenvalue weighted by Gasteiger charge is -2.16. The standard InChI is InChI=1S/C14H21N3O2/c1-11-4-6-12(7-5-11)16-13(18)10-17(3)14(19)8-9-15-2/h4-7,15H,8-10H2,1-3H3,(H,16,18). The van der Waals surface area contributed by atoms with Gasteiger partial charge in [-0.15, -0.1) is 0 Å². The molecule has 1 aromatic carbocycles. The number of carbonyl (C=O) groups excluding carboxylic acids is 2. The van der Waals surface area contributed by atoms with Crippen molar-refractivity contribution in [2.75, 3.05) is 32.5 Å². The topological polar surface area (TPSA) is 61.4 Å². The molecule has 0 heterocycles. The quantitative estimate of drug-likeness (QED) is 0.805. The molecule has 0 aliphatic carbocycles. The number of carbonyl (C=O) groups is 2. The van der Waals surface area contributed by atoms with E-state index >= 15 is 0 Å². The number of rotatable bonds is 6. The van der Waals surface area contributed by atoms with Gasteiger partial charge in [-0.2, -0.15) is 0 Å². The smallest absolute Gasteiger partial charge is 0.243 e. The monoisotopic (exact) mass is 263 g/mol. The van der Waals surface area contributed by atoms with Crippen molar-refractivity contribution < 1.29 is 9.59 Å². The second-order valence-electron chi connectivity index (χ2n) is 4.52. The van der Waals surface area contributed by atoms with Crippen LogP contribution in [0.15, 0.2) is 24.3 Å². The number of hydrogen-bond acceptors (Lipinski definition) is 3. The fourth-order valence-corrected chi connectivity index (χ4v) is 1.56. The van der Waals surface area contributed by atoms with E-state index in [0.717, 1.165) is 11.3 Å². The summed E-state index contributed by atoms with van der Waals surface area (Å²) in [7, 11) is 3.42. The number of nitrogens with zero attached hydrogens (tertiary/aromatic N) is 1. The first kappa shape index (κ1) is 15.2. The summed E-state index contributed by atoms with van der Waals surface area (Å²) in [5, 5.41) is 5.67. The molecule has 0 aromatic heterocycles. The van der Waals surface area contributed by atoms with Gasteiger partial charge < -0.3 is 15.5 Å². The lowest BCUT2D eigenvalue weighted by Crippen LogP contribution is -2.36. The molecule has 19 heavy (non-hydrogen) atoms. The molecule has 0 saturated carbocycles. The minimum absolute atomic E-state index is 0.0478. The summed E-state index contributed by atoms with van der Waals surface area (Å²) in [6.07, 6.45) is 0.394. The van der Waals surface area contributed by atoms with Crippen LogP contribution in [0.1, 0.15) is 12.0 Å². The maximum Gasteiger partial charge on any atom is 0.243 e. The molecule has 0 fully saturated rings. The van der Waals surface area contributed by atoms with Gasteiger partial charge in [0.1, 0.15) is 0 Å². The third-order valence-electron chi connectivity index (χ3n) is 2.73. The van der Waals surface area contributed by atoms with Crippen LogP contribution < -0.4 is 10.6 Å². The van der Waals surface area contributed by atoms with Gasteiger partial charge in [-0.05, 0) is 26.1 Å². The van der Waals surface area contributed by atoms with E-state index in [1.54, 1.807) is 14.1 Å². The van der Waals surface area contributed by atoms with Gasteiger partial charge in [0.15, 0.2) is 0 Å². The first-order chi connectivity index (χ1) is 9.02. The highest BCUT2D eigenvalue weighted by molar-refractivity contribution is 5.94. The number of likely N-dealkylation sites (N-methyl/N-ethyl adjacent to an activating group) is 1. The second kappa shape index (κ2) is 7.53. The molecule has 1 rings (SSSR count).